The van der Waals surface area contributed by atoms with Gasteiger partial charge in [0.15, 0.2) is 0 Å². The second kappa shape index (κ2) is 10.4. The molecule has 1 saturated heterocycles. The maximum atomic E-state index is 12.9. The smallest absolute Gasteiger partial charge is 0.263 e. The summed E-state index contributed by atoms with van der Waals surface area (Å²) in [6.45, 7) is 12.5. The zero-order chi connectivity index (χ0) is 23.4. The predicted molar refractivity (Wildman–Crippen MR) is 126 cm³/mol. The summed E-state index contributed by atoms with van der Waals surface area (Å²) < 4.78 is 7.90. The number of imide groups is 1. The Balaban J connectivity index is 1.20. The third-order valence-electron chi connectivity index (χ3n) is 6.66. The summed E-state index contributed by atoms with van der Waals surface area (Å²) in [5.41, 5.74) is 2.96. The summed E-state index contributed by atoms with van der Waals surface area (Å²) in [5.74, 6) is 0.407. The lowest BCUT2D eigenvalue weighted by molar-refractivity contribution is 0.0530. The average Bonchev–Trinajstić information content (AvgIpc) is 3.24. The molecule has 4 rings (SSSR count). The number of rotatable bonds is 10. The zero-order valence-electron chi connectivity index (χ0n) is 19.9. The molecule has 2 aromatic rings. The third kappa shape index (κ3) is 4.79. The molecule has 2 aliphatic rings. The number of hydrogen-bond acceptors (Lipinski definition) is 7. The highest BCUT2D eigenvalue weighted by atomic mass is 16.5. The van der Waals surface area contributed by atoms with E-state index in [0.717, 1.165) is 69.4 Å². The van der Waals surface area contributed by atoms with Crippen LogP contribution in [-0.4, -0.2) is 88.6 Å². The average molecular weight is 455 g/mol. The Morgan fingerprint density at radius 2 is 1.48 bits per heavy atom. The second-order valence-electron chi connectivity index (χ2n) is 8.68. The van der Waals surface area contributed by atoms with Gasteiger partial charge in [0.2, 0.25) is 5.95 Å². The standard InChI is InChI=1S/C24H34N6O3/c1-4-5-9-29-18(2)20-21(19(29)3)23(32)30(22(20)31)15-17-33-16-14-27-10-12-28(13-11-27)24-25-7-6-8-26-24/h6-8H,4-5,9-17H2,1-3H3. The number of anilines is 1. The highest BCUT2D eigenvalue weighted by molar-refractivity contribution is 6.22. The molecule has 2 aliphatic heterocycles. The quantitative estimate of drug-likeness (QED) is 0.402. The van der Waals surface area contributed by atoms with Crippen molar-refractivity contribution in [3.63, 3.8) is 0 Å². The summed E-state index contributed by atoms with van der Waals surface area (Å²) in [6.07, 6.45) is 5.64. The second-order valence-corrected chi connectivity index (χ2v) is 8.68. The Labute approximate surface area is 195 Å². The predicted octanol–water partition coefficient (Wildman–Crippen LogP) is 2.13. The molecule has 2 amide bonds. The number of aromatic nitrogens is 3. The topological polar surface area (TPSA) is 83.8 Å². The van der Waals surface area contributed by atoms with Gasteiger partial charge in [-0.05, 0) is 26.3 Å². The van der Waals surface area contributed by atoms with E-state index < -0.39 is 0 Å². The number of hydrogen-bond donors (Lipinski definition) is 0. The fourth-order valence-corrected chi connectivity index (χ4v) is 4.70. The number of nitrogens with zero attached hydrogens (tertiary/aromatic N) is 6. The first-order valence-electron chi connectivity index (χ1n) is 11.9. The molecule has 2 aromatic heterocycles. The maximum absolute atomic E-state index is 12.9. The van der Waals surface area contributed by atoms with E-state index in [1.54, 1.807) is 12.4 Å². The Morgan fingerprint density at radius 1 is 0.879 bits per heavy atom. The lowest BCUT2D eigenvalue weighted by Crippen LogP contribution is -2.48. The van der Waals surface area contributed by atoms with Crippen molar-refractivity contribution in [1.82, 2.24) is 24.3 Å². The van der Waals surface area contributed by atoms with Gasteiger partial charge in [0.1, 0.15) is 0 Å². The van der Waals surface area contributed by atoms with Crippen molar-refractivity contribution < 1.29 is 14.3 Å². The minimum absolute atomic E-state index is 0.186. The molecule has 0 unspecified atom stereocenters. The van der Waals surface area contributed by atoms with E-state index in [0.29, 0.717) is 30.9 Å². The Hall–Kier alpha value is -2.78. The van der Waals surface area contributed by atoms with E-state index in [9.17, 15) is 9.59 Å². The number of fused-ring (bicyclic) bond motifs is 1. The first kappa shape index (κ1) is 23.4. The molecule has 0 saturated carbocycles. The number of piperazine rings is 1. The molecule has 0 atom stereocenters. The van der Waals surface area contributed by atoms with Crippen LogP contribution < -0.4 is 4.90 Å². The van der Waals surface area contributed by atoms with Gasteiger partial charge in [0.05, 0.1) is 30.9 Å². The Kier molecular flexibility index (Phi) is 7.39. The Morgan fingerprint density at radius 3 is 2.09 bits per heavy atom. The SMILES string of the molecule is CCCCn1c(C)c2c(c1C)C(=O)N(CCOCCN1CCN(c3ncccn3)CC1)C2=O. The first-order valence-corrected chi connectivity index (χ1v) is 11.9. The molecular weight excluding hydrogens is 420 g/mol. The maximum Gasteiger partial charge on any atom is 0.263 e. The summed E-state index contributed by atoms with van der Waals surface area (Å²) in [7, 11) is 0. The van der Waals surface area contributed by atoms with Crippen LogP contribution in [-0.2, 0) is 11.3 Å². The van der Waals surface area contributed by atoms with E-state index in [4.69, 9.17) is 4.74 Å². The van der Waals surface area contributed by atoms with Gasteiger partial charge in [-0.25, -0.2) is 9.97 Å². The van der Waals surface area contributed by atoms with Crippen LogP contribution in [0.3, 0.4) is 0 Å². The van der Waals surface area contributed by atoms with Gasteiger partial charge in [-0.15, -0.1) is 0 Å². The first-order chi connectivity index (χ1) is 16.0. The van der Waals surface area contributed by atoms with Crippen molar-refractivity contribution >= 4 is 17.8 Å². The minimum Gasteiger partial charge on any atom is -0.378 e. The molecule has 0 radical (unpaired) electrons. The van der Waals surface area contributed by atoms with E-state index in [1.165, 1.54) is 4.90 Å². The largest absolute Gasteiger partial charge is 0.378 e. The van der Waals surface area contributed by atoms with Gasteiger partial charge in [-0.2, -0.15) is 0 Å². The molecule has 0 N–H and O–H groups in total. The van der Waals surface area contributed by atoms with E-state index >= 15 is 0 Å². The van der Waals surface area contributed by atoms with Gasteiger partial charge >= 0.3 is 0 Å². The normalized spacial score (nSPS) is 16.7. The van der Waals surface area contributed by atoms with Crippen molar-refractivity contribution in [3.8, 4) is 0 Å². The lowest BCUT2D eigenvalue weighted by atomic mass is 10.1. The fraction of sp³-hybridized carbons (Fsp3) is 0.583. The summed E-state index contributed by atoms with van der Waals surface area (Å²) >= 11 is 0. The van der Waals surface area contributed by atoms with Gasteiger partial charge < -0.3 is 14.2 Å². The monoisotopic (exact) mass is 454 g/mol. The molecule has 0 aliphatic carbocycles. The fourth-order valence-electron chi connectivity index (χ4n) is 4.70. The summed E-state index contributed by atoms with van der Waals surface area (Å²) in [5, 5.41) is 0. The van der Waals surface area contributed by atoms with Crippen molar-refractivity contribution in [2.45, 2.75) is 40.2 Å². The van der Waals surface area contributed by atoms with Crippen LogP contribution in [0.15, 0.2) is 18.5 Å². The van der Waals surface area contributed by atoms with Gasteiger partial charge in [-0.3, -0.25) is 19.4 Å². The molecule has 9 heteroatoms. The van der Waals surface area contributed by atoms with Crippen LogP contribution >= 0.6 is 0 Å². The van der Waals surface area contributed by atoms with Crippen molar-refractivity contribution in [2.24, 2.45) is 0 Å². The number of carbonyl (C=O) groups is 2. The number of unbranched alkanes of at least 4 members (excludes halogenated alkanes) is 1. The lowest BCUT2D eigenvalue weighted by Gasteiger charge is -2.34. The van der Waals surface area contributed by atoms with Crippen molar-refractivity contribution in [1.29, 1.82) is 0 Å². The van der Waals surface area contributed by atoms with Crippen molar-refractivity contribution in [3.05, 3.63) is 41.0 Å². The van der Waals surface area contributed by atoms with Crippen LogP contribution in [0.25, 0.3) is 0 Å². The molecule has 33 heavy (non-hydrogen) atoms. The van der Waals surface area contributed by atoms with E-state index in [2.05, 4.69) is 31.3 Å². The Bertz CT molecular complexity index is 942. The van der Waals surface area contributed by atoms with Gasteiger partial charge in [0, 0.05) is 63.1 Å². The van der Waals surface area contributed by atoms with E-state index in [-0.39, 0.29) is 11.8 Å². The number of carbonyl (C=O) groups excluding carboxylic acids is 2. The van der Waals surface area contributed by atoms with E-state index in [1.807, 2.05) is 19.9 Å². The van der Waals surface area contributed by atoms with Crippen LogP contribution in [0.5, 0.6) is 0 Å². The molecule has 1 fully saturated rings. The highest BCUT2D eigenvalue weighted by Crippen LogP contribution is 2.31. The molecule has 0 aromatic carbocycles. The molecule has 178 valence electrons. The minimum atomic E-state index is -0.186. The molecule has 0 spiro atoms. The molecular formula is C24H34N6O3. The van der Waals surface area contributed by atoms with Gasteiger partial charge in [0.25, 0.3) is 11.8 Å². The molecule has 9 nitrogen and oxygen atoms in total. The van der Waals surface area contributed by atoms with Crippen LogP contribution in [0.1, 0.15) is 51.9 Å². The zero-order valence-corrected chi connectivity index (χ0v) is 19.9. The highest BCUT2D eigenvalue weighted by Gasteiger charge is 2.40. The number of ether oxygens (including phenoxy) is 1. The number of amides is 2. The molecule has 0 bridgehead atoms. The van der Waals surface area contributed by atoms with Crippen LogP contribution in [0.2, 0.25) is 0 Å². The van der Waals surface area contributed by atoms with Crippen molar-refractivity contribution in [2.75, 3.05) is 57.4 Å². The third-order valence-corrected chi connectivity index (χ3v) is 6.66. The molecule has 4 heterocycles. The summed E-state index contributed by atoms with van der Waals surface area (Å²) in [6, 6.07) is 1.82. The summed E-state index contributed by atoms with van der Waals surface area (Å²) in [4.78, 5) is 40.4. The van der Waals surface area contributed by atoms with Crippen LogP contribution in [0, 0.1) is 13.8 Å². The van der Waals surface area contributed by atoms with Gasteiger partial charge in [-0.1, -0.05) is 13.3 Å². The van der Waals surface area contributed by atoms with Crippen LogP contribution in [0.4, 0.5) is 5.95 Å².